The highest BCUT2D eigenvalue weighted by atomic mass is 32.2. The Morgan fingerprint density at radius 3 is 2.30 bits per heavy atom. The SMILES string of the molecule is CCS(=O)(=O)NCc1ccc(Nc2nc(Nc3ccc(C)c(S(N)(=O)=O)c3)ncc2F)cc1. The summed E-state index contributed by atoms with van der Waals surface area (Å²) >= 11 is 0. The summed E-state index contributed by atoms with van der Waals surface area (Å²) in [6.07, 6.45) is 0.973. The molecule has 0 atom stereocenters. The van der Waals surface area contributed by atoms with Crippen LogP contribution in [0.3, 0.4) is 0 Å². The molecule has 0 saturated carbocycles. The van der Waals surface area contributed by atoms with Crippen LogP contribution in [0.1, 0.15) is 18.1 Å². The number of nitrogens with zero attached hydrogens (tertiary/aromatic N) is 2. The van der Waals surface area contributed by atoms with Crippen LogP contribution in [0.4, 0.5) is 27.5 Å². The summed E-state index contributed by atoms with van der Waals surface area (Å²) in [5, 5.41) is 10.9. The zero-order valence-electron chi connectivity index (χ0n) is 17.8. The number of aryl methyl sites for hydroxylation is 1. The number of aromatic nitrogens is 2. The van der Waals surface area contributed by atoms with E-state index in [0.717, 1.165) is 11.8 Å². The van der Waals surface area contributed by atoms with Crippen LogP contribution in [0.2, 0.25) is 0 Å². The number of anilines is 4. The summed E-state index contributed by atoms with van der Waals surface area (Å²) in [7, 11) is -7.22. The standard InChI is InChI=1S/C20H23FN6O4S2/c1-3-32(28,29)24-11-14-5-8-15(9-6-14)25-19-17(21)12-23-20(27-19)26-16-7-4-13(2)18(10-16)33(22,30)31/h4-10,12,24H,3,11H2,1-2H3,(H2,22,30,31)(H2,23,25,26,27). The highest BCUT2D eigenvalue weighted by molar-refractivity contribution is 7.89. The molecule has 1 heterocycles. The van der Waals surface area contributed by atoms with E-state index in [1.807, 2.05) is 0 Å². The van der Waals surface area contributed by atoms with Crippen molar-refractivity contribution in [2.45, 2.75) is 25.3 Å². The number of sulfonamides is 2. The van der Waals surface area contributed by atoms with Crippen molar-refractivity contribution < 1.29 is 21.2 Å². The predicted octanol–water partition coefficient (Wildman–Crippen LogP) is 2.50. The van der Waals surface area contributed by atoms with Gasteiger partial charge in [0.2, 0.25) is 26.0 Å². The molecule has 176 valence electrons. The fourth-order valence-corrected chi connectivity index (χ4v) is 4.17. The molecule has 0 aliphatic heterocycles. The van der Waals surface area contributed by atoms with Crippen LogP contribution >= 0.6 is 0 Å². The van der Waals surface area contributed by atoms with Gasteiger partial charge in [-0.1, -0.05) is 18.2 Å². The average Bonchev–Trinajstić information content (AvgIpc) is 2.76. The van der Waals surface area contributed by atoms with Gasteiger partial charge in [0, 0.05) is 17.9 Å². The van der Waals surface area contributed by atoms with Crippen LogP contribution in [-0.4, -0.2) is 32.6 Å². The molecule has 0 aliphatic rings. The van der Waals surface area contributed by atoms with Gasteiger partial charge in [-0.3, -0.25) is 0 Å². The maximum absolute atomic E-state index is 14.2. The zero-order chi connectivity index (χ0) is 24.2. The molecule has 0 fully saturated rings. The van der Waals surface area contributed by atoms with E-state index in [9.17, 15) is 21.2 Å². The van der Waals surface area contributed by atoms with E-state index in [2.05, 4.69) is 25.3 Å². The van der Waals surface area contributed by atoms with Gasteiger partial charge in [-0.05, 0) is 49.2 Å². The van der Waals surface area contributed by atoms with Crippen LogP contribution in [0.25, 0.3) is 0 Å². The molecule has 0 spiro atoms. The van der Waals surface area contributed by atoms with E-state index in [4.69, 9.17) is 5.14 Å². The smallest absolute Gasteiger partial charge is 0.238 e. The van der Waals surface area contributed by atoms with Gasteiger partial charge in [0.15, 0.2) is 11.6 Å². The lowest BCUT2D eigenvalue weighted by atomic mass is 10.2. The molecule has 3 rings (SSSR count). The van der Waals surface area contributed by atoms with E-state index in [1.54, 1.807) is 50.2 Å². The van der Waals surface area contributed by atoms with Crippen molar-refractivity contribution in [1.82, 2.24) is 14.7 Å². The van der Waals surface area contributed by atoms with Gasteiger partial charge in [-0.2, -0.15) is 4.98 Å². The Bertz CT molecular complexity index is 1360. The average molecular weight is 495 g/mol. The van der Waals surface area contributed by atoms with Gasteiger partial charge in [-0.25, -0.2) is 36.1 Å². The van der Waals surface area contributed by atoms with Crippen molar-refractivity contribution in [2.75, 3.05) is 16.4 Å². The second-order valence-electron chi connectivity index (χ2n) is 7.09. The maximum Gasteiger partial charge on any atom is 0.238 e. The van der Waals surface area contributed by atoms with E-state index >= 15 is 0 Å². The van der Waals surface area contributed by atoms with Crippen molar-refractivity contribution in [3.8, 4) is 0 Å². The number of hydrogen-bond acceptors (Lipinski definition) is 8. The van der Waals surface area contributed by atoms with Gasteiger partial charge in [0.25, 0.3) is 0 Å². The summed E-state index contributed by atoms with van der Waals surface area (Å²) in [4.78, 5) is 7.93. The molecular weight excluding hydrogens is 471 g/mol. The topological polar surface area (TPSA) is 156 Å². The zero-order valence-corrected chi connectivity index (χ0v) is 19.5. The highest BCUT2D eigenvalue weighted by Gasteiger charge is 2.14. The summed E-state index contributed by atoms with van der Waals surface area (Å²) in [6, 6.07) is 11.2. The summed E-state index contributed by atoms with van der Waals surface area (Å²) in [6.45, 7) is 3.31. The monoisotopic (exact) mass is 494 g/mol. The number of hydrogen-bond donors (Lipinski definition) is 4. The Hall–Kier alpha value is -3.13. The lowest BCUT2D eigenvalue weighted by molar-refractivity contribution is 0.582. The van der Waals surface area contributed by atoms with Gasteiger partial charge < -0.3 is 10.6 Å². The van der Waals surface area contributed by atoms with Crippen LogP contribution in [0.5, 0.6) is 0 Å². The third-order valence-electron chi connectivity index (χ3n) is 4.59. The molecule has 0 radical (unpaired) electrons. The fourth-order valence-electron chi connectivity index (χ4n) is 2.77. The molecule has 0 saturated heterocycles. The minimum Gasteiger partial charge on any atom is -0.338 e. The van der Waals surface area contributed by atoms with Crippen molar-refractivity contribution in [3.05, 3.63) is 65.6 Å². The lowest BCUT2D eigenvalue weighted by Crippen LogP contribution is -2.24. The Morgan fingerprint density at radius 1 is 1.00 bits per heavy atom. The second-order valence-corrected chi connectivity index (χ2v) is 10.7. The predicted molar refractivity (Wildman–Crippen MR) is 124 cm³/mol. The summed E-state index contributed by atoms with van der Waals surface area (Å²) in [5.41, 5.74) is 2.10. The number of rotatable bonds is 9. The third kappa shape index (κ3) is 6.68. The van der Waals surface area contributed by atoms with Crippen LogP contribution < -0.4 is 20.5 Å². The normalized spacial score (nSPS) is 11.9. The first kappa shape index (κ1) is 24.5. The van der Waals surface area contributed by atoms with Gasteiger partial charge >= 0.3 is 0 Å². The van der Waals surface area contributed by atoms with Crippen LogP contribution in [-0.2, 0) is 26.6 Å². The van der Waals surface area contributed by atoms with Crippen LogP contribution in [0, 0.1) is 12.7 Å². The molecule has 2 aromatic carbocycles. The quantitative estimate of drug-likeness (QED) is 0.353. The first-order chi connectivity index (χ1) is 15.5. The Kier molecular flexibility index (Phi) is 7.27. The van der Waals surface area contributed by atoms with E-state index in [-0.39, 0.29) is 29.0 Å². The fraction of sp³-hybridized carbons (Fsp3) is 0.200. The van der Waals surface area contributed by atoms with E-state index in [0.29, 0.717) is 16.9 Å². The number of primary sulfonamides is 1. The maximum atomic E-state index is 14.2. The molecule has 0 unspecified atom stereocenters. The Balaban J connectivity index is 1.75. The minimum atomic E-state index is -3.91. The third-order valence-corrected chi connectivity index (χ3v) is 6.98. The van der Waals surface area contributed by atoms with Gasteiger partial charge in [-0.15, -0.1) is 0 Å². The molecule has 0 aliphatic carbocycles. The van der Waals surface area contributed by atoms with E-state index < -0.39 is 25.9 Å². The largest absolute Gasteiger partial charge is 0.338 e. The lowest BCUT2D eigenvalue weighted by Gasteiger charge is -2.11. The first-order valence-electron chi connectivity index (χ1n) is 9.73. The number of nitrogens with one attached hydrogen (secondary N) is 3. The number of nitrogens with two attached hydrogens (primary N) is 1. The first-order valence-corrected chi connectivity index (χ1v) is 12.9. The molecule has 13 heteroatoms. The molecule has 0 amide bonds. The molecule has 5 N–H and O–H groups in total. The Morgan fingerprint density at radius 2 is 1.67 bits per heavy atom. The van der Waals surface area contributed by atoms with Crippen molar-refractivity contribution in [3.63, 3.8) is 0 Å². The van der Waals surface area contributed by atoms with Crippen LogP contribution in [0.15, 0.2) is 53.6 Å². The highest BCUT2D eigenvalue weighted by Crippen LogP contribution is 2.23. The Labute approximate surface area is 191 Å². The summed E-state index contributed by atoms with van der Waals surface area (Å²) in [5.74, 6) is -0.782. The van der Waals surface area contributed by atoms with Gasteiger partial charge in [0.05, 0.1) is 16.8 Å². The molecule has 0 bridgehead atoms. The number of benzene rings is 2. The summed E-state index contributed by atoms with van der Waals surface area (Å²) < 4.78 is 63.2. The van der Waals surface area contributed by atoms with E-state index in [1.165, 1.54) is 6.07 Å². The van der Waals surface area contributed by atoms with Crippen molar-refractivity contribution in [1.29, 1.82) is 0 Å². The number of halogens is 1. The molecule has 3 aromatic rings. The molecular formula is C20H23FN6O4S2. The molecule has 1 aromatic heterocycles. The van der Waals surface area contributed by atoms with Crippen molar-refractivity contribution >= 4 is 43.2 Å². The van der Waals surface area contributed by atoms with Crippen molar-refractivity contribution in [2.24, 2.45) is 5.14 Å². The molecule has 33 heavy (non-hydrogen) atoms. The second kappa shape index (κ2) is 9.79. The van der Waals surface area contributed by atoms with Gasteiger partial charge in [0.1, 0.15) is 0 Å². The minimum absolute atomic E-state index is 0.0120. The molecule has 10 nitrogen and oxygen atoms in total.